The van der Waals surface area contributed by atoms with Crippen LogP contribution in [0.1, 0.15) is 110 Å². The Kier molecular flexibility index (Phi) is 8.03. The van der Waals surface area contributed by atoms with E-state index in [0.717, 1.165) is 25.7 Å². The molecule has 0 saturated heterocycles. The van der Waals surface area contributed by atoms with Gasteiger partial charge in [-0.15, -0.1) is 0 Å². The number of rotatable bonds is 5. The van der Waals surface area contributed by atoms with E-state index in [0.29, 0.717) is 11.8 Å². The van der Waals surface area contributed by atoms with Crippen molar-refractivity contribution >= 4 is 22.6 Å². The zero-order chi connectivity index (χ0) is 35.7. The van der Waals surface area contributed by atoms with Crippen molar-refractivity contribution in [3.8, 4) is 27.9 Å². The van der Waals surface area contributed by atoms with Crippen molar-refractivity contribution in [3.63, 3.8) is 0 Å². The minimum absolute atomic E-state index is 0.0791. The molecule has 2 atom stereocenters. The predicted octanol–water partition coefficient (Wildman–Crippen LogP) is 13.9. The number of hydrogen-bond donors (Lipinski definition) is 0. The quantitative estimate of drug-likeness (QED) is 0.174. The fraction of sp³-hybridized carbons (Fsp3) is 0.294. The third kappa shape index (κ3) is 5.19. The van der Waals surface area contributed by atoms with Crippen LogP contribution in [0, 0.1) is 19.8 Å². The molecule has 0 bridgehead atoms. The van der Waals surface area contributed by atoms with E-state index < -0.39 is 0 Å². The number of aryl methyl sites for hydroxylation is 1. The summed E-state index contributed by atoms with van der Waals surface area (Å²) in [6, 6.07) is 26.5. The lowest BCUT2D eigenvalue weighted by Crippen LogP contribution is -2.16. The van der Waals surface area contributed by atoms with Crippen LogP contribution in [-0.4, -0.2) is 4.57 Å². The second-order valence-corrected chi connectivity index (χ2v) is 16.3. The first-order valence-corrected chi connectivity index (χ1v) is 19.7. The number of aromatic nitrogens is 1. The largest absolute Gasteiger partial charge is 0.313 e. The average molecular weight is 678 g/mol. The van der Waals surface area contributed by atoms with Gasteiger partial charge >= 0.3 is 0 Å². The lowest BCUT2D eigenvalue weighted by Gasteiger charge is -2.24. The Balaban J connectivity index is 1.17. The van der Waals surface area contributed by atoms with E-state index in [2.05, 4.69) is 161 Å². The molecule has 4 aromatic carbocycles. The lowest BCUT2D eigenvalue weighted by atomic mass is 9.79. The highest BCUT2D eigenvalue weighted by Crippen LogP contribution is 2.52. The maximum absolute atomic E-state index is 2.59. The van der Waals surface area contributed by atoms with E-state index in [4.69, 9.17) is 0 Å². The second kappa shape index (κ2) is 12.7. The first-order chi connectivity index (χ1) is 25.2. The predicted molar refractivity (Wildman–Crippen MR) is 223 cm³/mol. The van der Waals surface area contributed by atoms with Crippen molar-refractivity contribution in [3.05, 3.63) is 159 Å². The molecule has 0 aliphatic heterocycles. The van der Waals surface area contributed by atoms with Gasteiger partial charge in [0.25, 0.3) is 0 Å². The van der Waals surface area contributed by atoms with Gasteiger partial charge < -0.3 is 4.57 Å². The van der Waals surface area contributed by atoms with Gasteiger partial charge in [0.15, 0.2) is 0 Å². The van der Waals surface area contributed by atoms with Crippen LogP contribution in [0.15, 0.2) is 115 Å². The van der Waals surface area contributed by atoms with Gasteiger partial charge in [-0.2, -0.15) is 0 Å². The number of fused-ring (bicyclic) bond motifs is 6. The molecule has 0 radical (unpaired) electrons. The summed E-state index contributed by atoms with van der Waals surface area (Å²) in [6.07, 6.45) is 25.4. The molecule has 1 nitrogen and oxygen atoms in total. The molecule has 1 heterocycles. The summed E-state index contributed by atoms with van der Waals surface area (Å²) in [4.78, 5) is 0. The first kappa shape index (κ1) is 33.0. The Morgan fingerprint density at radius 3 is 2.38 bits per heavy atom. The molecule has 0 saturated carbocycles. The SMILES string of the molecule is CCC1C=CC=CC(c2ccc3c(c2C)-c2ccc(-n4c5c(c6ccc(-c7ccc(C)c(C8=C(C)C=CCC8)c7)cc64)C=CCC5)cc2C3(C)C)C1. The highest BCUT2D eigenvalue weighted by Gasteiger charge is 2.38. The summed E-state index contributed by atoms with van der Waals surface area (Å²) in [7, 11) is 0. The molecule has 4 aliphatic rings. The Hall–Kier alpha value is -4.88. The second-order valence-electron chi connectivity index (χ2n) is 16.3. The van der Waals surface area contributed by atoms with Gasteiger partial charge in [0.05, 0.1) is 5.52 Å². The van der Waals surface area contributed by atoms with Gasteiger partial charge in [0, 0.05) is 33.7 Å². The van der Waals surface area contributed by atoms with Crippen molar-refractivity contribution < 1.29 is 0 Å². The van der Waals surface area contributed by atoms with E-state index in [1.54, 1.807) is 0 Å². The first-order valence-electron chi connectivity index (χ1n) is 19.7. The molecular formula is C51H51N. The van der Waals surface area contributed by atoms with E-state index in [1.165, 1.54) is 107 Å². The average Bonchev–Trinajstić information content (AvgIpc) is 3.46. The van der Waals surface area contributed by atoms with Crippen LogP contribution in [0.5, 0.6) is 0 Å². The van der Waals surface area contributed by atoms with E-state index in [-0.39, 0.29) is 5.41 Å². The van der Waals surface area contributed by atoms with Gasteiger partial charge in [-0.25, -0.2) is 0 Å². The van der Waals surface area contributed by atoms with Gasteiger partial charge in [0.2, 0.25) is 0 Å². The van der Waals surface area contributed by atoms with E-state index >= 15 is 0 Å². The fourth-order valence-corrected chi connectivity index (χ4v) is 9.94. The maximum Gasteiger partial charge on any atom is 0.0543 e. The van der Waals surface area contributed by atoms with Crippen LogP contribution >= 0.6 is 0 Å². The molecule has 0 N–H and O–H groups in total. The summed E-state index contributed by atoms with van der Waals surface area (Å²) in [5, 5.41) is 1.35. The Labute approximate surface area is 310 Å². The van der Waals surface area contributed by atoms with Crippen molar-refractivity contribution in [2.75, 3.05) is 0 Å². The monoisotopic (exact) mass is 677 g/mol. The lowest BCUT2D eigenvalue weighted by molar-refractivity contribution is 0.542. The highest BCUT2D eigenvalue weighted by atomic mass is 15.0. The molecular weight excluding hydrogens is 627 g/mol. The minimum atomic E-state index is -0.0791. The number of hydrogen-bond acceptors (Lipinski definition) is 0. The van der Waals surface area contributed by atoms with E-state index in [1.807, 2.05) is 0 Å². The van der Waals surface area contributed by atoms with Crippen LogP contribution in [-0.2, 0) is 11.8 Å². The van der Waals surface area contributed by atoms with Crippen LogP contribution in [0.3, 0.4) is 0 Å². The van der Waals surface area contributed by atoms with Crippen molar-refractivity contribution in [1.29, 1.82) is 0 Å². The summed E-state index contributed by atoms with van der Waals surface area (Å²) in [5.41, 5.74) is 22.2. The minimum Gasteiger partial charge on any atom is -0.313 e. The van der Waals surface area contributed by atoms with Crippen molar-refractivity contribution in [2.24, 2.45) is 5.92 Å². The smallest absolute Gasteiger partial charge is 0.0543 e. The summed E-state index contributed by atoms with van der Waals surface area (Å²) in [6.45, 7) is 14.1. The Bertz CT molecular complexity index is 2430. The van der Waals surface area contributed by atoms with Crippen LogP contribution in [0.2, 0.25) is 0 Å². The molecule has 0 spiro atoms. The highest BCUT2D eigenvalue weighted by molar-refractivity contribution is 5.96. The molecule has 2 unspecified atom stereocenters. The number of nitrogens with zero attached hydrogens (tertiary/aromatic N) is 1. The molecule has 4 aliphatic carbocycles. The Morgan fingerprint density at radius 2 is 1.54 bits per heavy atom. The standard InChI is InChI=1S/C51H51N/c1-7-35-15-9-10-16-38(28-35)41-26-27-46-50(34(41)4)44-25-23-39(31-47(44)51(46,5)6)52-48-19-13-12-18-42(48)43-24-22-37(30-49(43)52)36-21-20-33(3)45(29-36)40-17-11-8-14-32(40)2/h8-10,12,14-16,18,20-27,29-31,35,38H,7,11,13,17,19,28H2,1-6H3. The van der Waals surface area contributed by atoms with Crippen LogP contribution in [0.25, 0.3) is 50.5 Å². The van der Waals surface area contributed by atoms with Gasteiger partial charge in [0.1, 0.15) is 0 Å². The zero-order valence-electron chi connectivity index (χ0n) is 31.8. The topological polar surface area (TPSA) is 4.93 Å². The van der Waals surface area contributed by atoms with Crippen molar-refractivity contribution in [1.82, 2.24) is 4.57 Å². The molecule has 5 aromatic rings. The molecule has 260 valence electrons. The van der Waals surface area contributed by atoms with Gasteiger partial charge in [-0.1, -0.05) is 112 Å². The van der Waals surface area contributed by atoms with Crippen LogP contribution in [0.4, 0.5) is 0 Å². The van der Waals surface area contributed by atoms with Gasteiger partial charge in [-0.05, 0) is 156 Å². The molecule has 1 heteroatoms. The summed E-state index contributed by atoms with van der Waals surface area (Å²) < 4.78 is 2.59. The molecule has 0 amide bonds. The molecule has 52 heavy (non-hydrogen) atoms. The summed E-state index contributed by atoms with van der Waals surface area (Å²) in [5.74, 6) is 1.07. The zero-order valence-corrected chi connectivity index (χ0v) is 31.8. The van der Waals surface area contributed by atoms with E-state index in [9.17, 15) is 0 Å². The Morgan fingerprint density at radius 1 is 0.750 bits per heavy atom. The third-order valence-corrected chi connectivity index (χ3v) is 12.9. The van der Waals surface area contributed by atoms with Crippen molar-refractivity contribution in [2.45, 2.75) is 91.4 Å². The molecule has 9 rings (SSSR count). The summed E-state index contributed by atoms with van der Waals surface area (Å²) >= 11 is 0. The van der Waals surface area contributed by atoms with Gasteiger partial charge in [-0.3, -0.25) is 0 Å². The third-order valence-electron chi connectivity index (χ3n) is 12.9. The maximum atomic E-state index is 2.59. The fourth-order valence-electron chi connectivity index (χ4n) is 9.94. The normalized spacial score (nSPS) is 20.0. The number of benzene rings is 4. The number of allylic oxidation sites excluding steroid dienone is 9. The molecule has 0 fully saturated rings. The van der Waals surface area contributed by atoms with Crippen LogP contribution < -0.4 is 0 Å². The molecule has 1 aromatic heterocycles.